The molecule has 0 spiro atoms. The van der Waals surface area contributed by atoms with Crippen LogP contribution in [0, 0.1) is 27.7 Å². The van der Waals surface area contributed by atoms with Crippen LogP contribution in [0.15, 0.2) is 200 Å². The highest BCUT2D eigenvalue weighted by Gasteiger charge is 2.37. The van der Waals surface area contributed by atoms with Crippen molar-refractivity contribution >= 4 is 43.6 Å². The number of hydrogen-bond acceptors (Lipinski definition) is 1. The Hall–Kier alpha value is -8.69. The Morgan fingerprint density at radius 3 is 0.838 bits per heavy atom. The van der Waals surface area contributed by atoms with Gasteiger partial charge >= 0.3 is 12.4 Å². The largest absolute Gasteiger partial charge is 0.416 e. The smallest absolute Gasteiger partial charge is 0.294 e. The van der Waals surface area contributed by atoms with Crippen LogP contribution in [0.4, 0.5) is 26.3 Å². The molecule has 0 aliphatic heterocycles. The molecule has 3 nitrogen and oxygen atoms in total. The molecule has 9 heteroatoms. The molecule has 0 bridgehead atoms. The Labute approximate surface area is 423 Å². The molecule has 362 valence electrons. The van der Waals surface area contributed by atoms with Gasteiger partial charge in [0.1, 0.15) is 11.6 Å². The number of halogens is 6. The van der Waals surface area contributed by atoms with Gasteiger partial charge in [-0.2, -0.15) is 26.3 Å². The molecule has 0 radical (unpaired) electrons. The lowest BCUT2D eigenvalue weighted by Crippen LogP contribution is -2.11. The summed E-state index contributed by atoms with van der Waals surface area (Å²) in [5.74, 6) is 0.609. The van der Waals surface area contributed by atoms with Crippen molar-refractivity contribution in [2.75, 3.05) is 0 Å². The third-order valence-electron chi connectivity index (χ3n) is 14.5. The van der Waals surface area contributed by atoms with Gasteiger partial charge in [-0.3, -0.25) is 9.13 Å². The molecule has 0 amide bonds. The van der Waals surface area contributed by atoms with Crippen LogP contribution in [0.5, 0.6) is 0 Å². The van der Waals surface area contributed by atoms with Crippen LogP contribution in [-0.4, -0.2) is 14.1 Å². The lowest BCUT2D eigenvalue weighted by Gasteiger charge is -2.17. The second kappa shape index (κ2) is 17.5. The van der Waals surface area contributed by atoms with E-state index in [2.05, 4.69) is 100 Å². The van der Waals surface area contributed by atoms with E-state index in [9.17, 15) is 26.3 Å². The van der Waals surface area contributed by atoms with Crippen molar-refractivity contribution in [1.82, 2.24) is 14.1 Å². The van der Waals surface area contributed by atoms with Crippen molar-refractivity contribution in [2.24, 2.45) is 0 Å². The summed E-state index contributed by atoms with van der Waals surface area (Å²) in [5.41, 5.74) is 12.6. The summed E-state index contributed by atoms with van der Waals surface area (Å²) in [6.45, 7) is 8.26. The summed E-state index contributed by atoms with van der Waals surface area (Å²) in [4.78, 5) is 5.45. The number of alkyl halides is 6. The second-order valence-corrected chi connectivity index (χ2v) is 19.2. The predicted octanol–water partition coefficient (Wildman–Crippen LogP) is 18.9. The van der Waals surface area contributed by atoms with Crippen molar-refractivity contribution in [3.05, 3.63) is 234 Å². The van der Waals surface area contributed by atoms with Crippen LogP contribution in [0.25, 0.3) is 111 Å². The lowest BCUT2D eigenvalue weighted by molar-refractivity contribution is -0.143. The highest BCUT2D eigenvalue weighted by Crippen LogP contribution is 2.44. The fourth-order valence-electron chi connectivity index (χ4n) is 10.8. The highest BCUT2D eigenvalue weighted by atomic mass is 19.4. The summed E-state index contributed by atoms with van der Waals surface area (Å²) in [5, 5.41) is 3.58. The maximum Gasteiger partial charge on any atom is 0.416 e. The molecule has 0 saturated heterocycles. The van der Waals surface area contributed by atoms with Crippen molar-refractivity contribution in [1.29, 1.82) is 0 Å². The number of aromatic nitrogens is 3. The zero-order valence-electron chi connectivity index (χ0n) is 40.7. The first-order chi connectivity index (χ1) is 35.6. The van der Waals surface area contributed by atoms with Crippen LogP contribution in [0.1, 0.15) is 33.4 Å². The molecule has 0 fully saturated rings. The van der Waals surface area contributed by atoms with Crippen LogP contribution in [-0.2, 0) is 12.4 Å². The number of fused-ring (bicyclic) bond motifs is 6. The highest BCUT2D eigenvalue weighted by molar-refractivity contribution is 6.13. The van der Waals surface area contributed by atoms with E-state index in [-0.39, 0.29) is 17.2 Å². The van der Waals surface area contributed by atoms with Gasteiger partial charge < -0.3 is 0 Å². The topological polar surface area (TPSA) is 22.8 Å². The van der Waals surface area contributed by atoms with Gasteiger partial charge in [0.25, 0.3) is 0 Å². The quantitative estimate of drug-likeness (QED) is 0.146. The van der Waals surface area contributed by atoms with E-state index in [1.54, 1.807) is 12.1 Å². The minimum Gasteiger partial charge on any atom is -0.294 e. The summed E-state index contributed by atoms with van der Waals surface area (Å²) in [6, 6.07) is 62.4. The van der Waals surface area contributed by atoms with Gasteiger partial charge in [-0.15, -0.1) is 0 Å². The molecule has 12 aromatic rings. The minimum absolute atomic E-state index is 0.118. The van der Waals surface area contributed by atoms with Crippen LogP contribution in [0.2, 0.25) is 0 Å². The van der Waals surface area contributed by atoms with Gasteiger partial charge in [0.15, 0.2) is 0 Å². The number of pyridine rings is 1. The molecule has 0 aliphatic rings. The predicted molar refractivity (Wildman–Crippen MR) is 289 cm³/mol. The van der Waals surface area contributed by atoms with E-state index in [0.29, 0.717) is 11.6 Å². The first-order valence-corrected chi connectivity index (χ1v) is 24.3. The summed E-state index contributed by atoms with van der Waals surface area (Å²) >= 11 is 0. The van der Waals surface area contributed by atoms with Gasteiger partial charge in [0.2, 0.25) is 0 Å². The molecule has 12 rings (SSSR count). The Kier molecular flexibility index (Phi) is 11.0. The molecule has 0 N–H and O–H groups in total. The zero-order valence-corrected chi connectivity index (χ0v) is 40.7. The molecule has 9 aromatic carbocycles. The van der Waals surface area contributed by atoms with E-state index >= 15 is 0 Å². The third kappa shape index (κ3) is 8.00. The maximum absolute atomic E-state index is 14.7. The van der Waals surface area contributed by atoms with Crippen LogP contribution >= 0.6 is 0 Å². The van der Waals surface area contributed by atoms with Gasteiger partial charge in [-0.05, 0) is 184 Å². The molecule has 74 heavy (non-hydrogen) atoms. The van der Waals surface area contributed by atoms with E-state index in [0.717, 1.165) is 123 Å². The summed E-state index contributed by atoms with van der Waals surface area (Å²) in [6.07, 6.45) is -10.1. The second-order valence-electron chi connectivity index (χ2n) is 19.2. The Balaban J connectivity index is 1.19. The fraction of sp³-hybridized carbons (Fsp3) is 0.0923. The first-order valence-electron chi connectivity index (χ1n) is 24.3. The molecule has 0 aliphatic carbocycles. The number of nitrogens with zero attached hydrogens (tertiary/aromatic N) is 3. The van der Waals surface area contributed by atoms with Crippen molar-refractivity contribution in [3.63, 3.8) is 0 Å². The Bertz CT molecular complexity index is 3760. The first kappa shape index (κ1) is 46.4. The Morgan fingerprint density at radius 2 is 0.568 bits per heavy atom. The van der Waals surface area contributed by atoms with Crippen molar-refractivity contribution < 1.29 is 26.3 Å². The SMILES string of the molecule is Cc1ccccc1-c1ccc2c(c1)c1cc(-c3ccccc3C)ccc1n2-c1cc(-c2cc(C(F)(F)F)cc(C(F)(F)F)c2)cc(-n2c3ccc(-c4ccccc4C)cc3c3cc(-c4ccccc4C)ccc32)n1. The normalized spacial score (nSPS) is 12.2. The van der Waals surface area contributed by atoms with Crippen LogP contribution in [0.3, 0.4) is 0 Å². The minimum atomic E-state index is -5.07. The Morgan fingerprint density at radius 1 is 0.297 bits per heavy atom. The van der Waals surface area contributed by atoms with E-state index in [4.69, 9.17) is 4.98 Å². The zero-order chi connectivity index (χ0) is 51.2. The van der Waals surface area contributed by atoms with E-state index in [1.165, 1.54) is 0 Å². The van der Waals surface area contributed by atoms with Crippen LogP contribution < -0.4 is 0 Å². The summed E-state index contributed by atoms with van der Waals surface area (Å²) < 4.78 is 92.1. The van der Waals surface area contributed by atoms with Crippen molar-refractivity contribution in [2.45, 2.75) is 40.0 Å². The average Bonchev–Trinajstić information content (AvgIpc) is 3.90. The average molecular weight is 982 g/mol. The van der Waals surface area contributed by atoms with E-state index in [1.807, 2.05) is 106 Å². The molecule has 0 unspecified atom stereocenters. The third-order valence-corrected chi connectivity index (χ3v) is 14.5. The lowest BCUT2D eigenvalue weighted by atomic mass is 9.97. The molecule has 3 aromatic heterocycles. The molecular formula is C65H45F6N3. The summed E-state index contributed by atoms with van der Waals surface area (Å²) in [7, 11) is 0. The van der Waals surface area contributed by atoms with Gasteiger partial charge in [-0.1, -0.05) is 121 Å². The van der Waals surface area contributed by atoms with Gasteiger partial charge in [0.05, 0.1) is 33.2 Å². The number of rotatable bonds is 7. The monoisotopic (exact) mass is 981 g/mol. The van der Waals surface area contributed by atoms with Crippen molar-refractivity contribution in [3.8, 4) is 67.3 Å². The number of benzene rings is 9. The fourth-order valence-corrected chi connectivity index (χ4v) is 10.8. The molecule has 0 atom stereocenters. The van der Waals surface area contributed by atoms with Gasteiger partial charge in [0, 0.05) is 21.5 Å². The molecular weight excluding hydrogens is 937 g/mol. The maximum atomic E-state index is 14.7. The molecule has 3 heterocycles. The van der Waals surface area contributed by atoms with Gasteiger partial charge in [-0.25, -0.2) is 4.98 Å². The number of hydrogen-bond donors (Lipinski definition) is 0. The molecule has 0 saturated carbocycles. The number of aryl methyl sites for hydroxylation is 4. The standard InChI is InChI=1S/C65H45F6N3/c1-38-13-5-9-17-50(38)42-21-25-58-54(31-42)55-32-43(51-18-10-6-14-39(51)2)22-26-59(55)73(58)62-35-47(46-29-48(64(66,67)68)37-49(30-46)65(69,70)71)36-63(72-62)74-60-27-23-44(52-19-11-7-15-40(52)3)33-56(60)57-34-45(24-28-61(57)74)53-20-12-8-16-41(53)4/h5-37H,1-4H3. The van der Waals surface area contributed by atoms with E-state index < -0.39 is 23.5 Å².